The van der Waals surface area contributed by atoms with E-state index in [0.29, 0.717) is 6.54 Å². The Hall–Kier alpha value is -2.51. The largest absolute Gasteiger partial charge is 0.322 e. The molecule has 6 nitrogen and oxygen atoms in total. The summed E-state index contributed by atoms with van der Waals surface area (Å²) < 4.78 is 29.4. The smallest absolute Gasteiger partial charge is 0.314 e. The average Bonchev–Trinajstić information content (AvgIpc) is 3.20. The maximum Gasteiger partial charge on any atom is 0.322 e. The quantitative estimate of drug-likeness (QED) is 0.888. The van der Waals surface area contributed by atoms with E-state index in [1.807, 2.05) is 0 Å². The minimum Gasteiger partial charge on any atom is -0.314 e. The number of fused-ring (bicyclic) bond motifs is 1. The summed E-state index contributed by atoms with van der Waals surface area (Å²) in [6.07, 6.45) is 5.87. The molecule has 4 rings (SSSR count). The van der Waals surface area contributed by atoms with Gasteiger partial charge in [-0.05, 0) is 37.8 Å². The standard InChI is InChI=1S/C18H21F2N5O/c19-12-6-4-7-13(16(12)20)21-18(26)24-11-5-8-14(24)17-23-22-15-9-2-1-3-10-25(15)17/h4,6-7,14H,1-3,5,8-11H2,(H,21,26). The lowest BCUT2D eigenvalue weighted by Gasteiger charge is -2.25. The van der Waals surface area contributed by atoms with Gasteiger partial charge in [0, 0.05) is 19.5 Å². The van der Waals surface area contributed by atoms with E-state index < -0.39 is 17.7 Å². The number of hydrogen-bond donors (Lipinski definition) is 1. The van der Waals surface area contributed by atoms with Crippen LogP contribution in [0.3, 0.4) is 0 Å². The number of likely N-dealkylation sites (tertiary alicyclic amines) is 1. The molecular formula is C18H21F2N5O. The predicted molar refractivity (Wildman–Crippen MR) is 91.6 cm³/mol. The maximum atomic E-state index is 13.9. The molecule has 1 unspecified atom stereocenters. The SMILES string of the molecule is O=C(Nc1cccc(F)c1F)N1CCCC1c1nnc2n1CCCCC2. The highest BCUT2D eigenvalue weighted by Gasteiger charge is 2.34. The lowest BCUT2D eigenvalue weighted by atomic mass is 10.2. The van der Waals surface area contributed by atoms with E-state index in [-0.39, 0.29) is 11.7 Å². The minimum absolute atomic E-state index is 0.152. The van der Waals surface area contributed by atoms with Crippen LogP contribution in [0.4, 0.5) is 19.3 Å². The van der Waals surface area contributed by atoms with Gasteiger partial charge in [-0.25, -0.2) is 13.6 Å². The number of urea groups is 1. The molecule has 0 bridgehead atoms. The van der Waals surface area contributed by atoms with Crippen LogP contribution in [-0.2, 0) is 13.0 Å². The normalized spacial score (nSPS) is 19.9. The number of aryl methyl sites for hydroxylation is 1. The first-order valence-corrected chi connectivity index (χ1v) is 9.09. The molecule has 138 valence electrons. The van der Waals surface area contributed by atoms with Gasteiger partial charge < -0.3 is 14.8 Å². The molecule has 8 heteroatoms. The molecule has 1 aromatic heterocycles. The fourth-order valence-corrected chi connectivity index (χ4v) is 3.82. The van der Waals surface area contributed by atoms with E-state index >= 15 is 0 Å². The van der Waals surface area contributed by atoms with Crippen molar-refractivity contribution in [1.29, 1.82) is 0 Å². The number of hydrogen-bond acceptors (Lipinski definition) is 3. The van der Waals surface area contributed by atoms with Crippen LogP contribution in [0.15, 0.2) is 18.2 Å². The Kier molecular flexibility index (Phi) is 4.57. The Morgan fingerprint density at radius 2 is 2.00 bits per heavy atom. The molecule has 0 spiro atoms. The van der Waals surface area contributed by atoms with E-state index in [9.17, 15) is 13.6 Å². The third-order valence-corrected chi connectivity index (χ3v) is 5.14. The van der Waals surface area contributed by atoms with Crippen molar-refractivity contribution in [2.45, 2.75) is 51.1 Å². The van der Waals surface area contributed by atoms with Crippen molar-refractivity contribution < 1.29 is 13.6 Å². The van der Waals surface area contributed by atoms with Crippen molar-refractivity contribution in [3.63, 3.8) is 0 Å². The van der Waals surface area contributed by atoms with Crippen LogP contribution >= 0.6 is 0 Å². The average molecular weight is 361 g/mol. The van der Waals surface area contributed by atoms with E-state index in [1.54, 1.807) is 4.90 Å². The number of carbonyl (C=O) groups excluding carboxylic acids is 1. The van der Waals surface area contributed by atoms with Gasteiger partial charge in [0.25, 0.3) is 0 Å². The summed E-state index contributed by atoms with van der Waals surface area (Å²) in [5.74, 6) is -0.258. The summed E-state index contributed by atoms with van der Waals surface area (Å²) in [6.45, 7) is 1.41. The second-order valence-electron chi connectivity index (χ2n) is 6.82. The van der Waals surface area contributed by atoms with Crippen molar-refractivity contribution in [2.24, 2.45) is 0 Å². The molecule has 1 atom stereocenters. The minimum atomic E-state index is -1.05. The van der Waals surface area contributed by atoms with Crippen LogP contribution in [0, 0.1) is 11.6 Å². The Balaban J connectivity index is 1.56. The van der Waals surface area contributed by atoms with Gasteiger partial charge in [0.15, 0.2) is 17.5 Å². The number of rotatable bonds is 2. The Morgan fingerprint density at radius 1 is 1.12 bits per heavy atom. The summed E-state index contributed by atoms with van der Waals surface area (Å²) >= 11 is 0. The second-order valence-corrected chi connectivity index (χ2v) is 6.82. The number of halogens is 2. The molecule has 2 aromatic rings. The number of benzene rings is 1. The molecule has 1 fully saturated rings. The Bertz CT molecular complexity index is 822. The molecule has 0 saturated carbocycles. The number of nitrogens with one attached hydrogen (secondary N) is 1. The number of aromatic nitrogens is 3. The number of carbonyl (C=O) groups is 1. The monoisotopic (exact) mass is 361 g/mol. The van der Waals surface area contributed by atoms with Gasteiger partial charge in [-0.3, -0.25) is 0 Å². The van der Waals surface area contributed by atoms with Crippen LogP contribution in [0.2, 0.25) is 0 Å². The zero-order valence-corrected chi connectivity index (χ0v) is 14.4. The summed E-state index contributed by atoms with van der Waals surface area (Å²) in [7, 11) is 0. The number of amides is 2. The van der Waals surface area contributed by atoms with E-state index in [2.05, 4.69) is 20.1 Å². The summed E-state index contributed by atoms with van der Waals surface area (Å²) in [5, 5.41) is 11.2. The summed E-state index contributed by atoms with van der Waals surface area (Å²) in [6, 6.07) is 3.11. The first kappa shape index (κ1) is 16.9. The zero-order valence-electron chi connectivity index (χ0n) is 14.4. The predicted octanol–water partition coefficient (Wildman–Crippen LogP) is 3.65. The van der Waals surface area contributed by atoms with Gasteiger partial charge in [-0.1, -0.05) is 12.5 Å². The van der Waals surface area contributed by atoms with Crippen LogP contribution in [0.5, 0.6) is 0 Å². The highest BCUT2D eigenvalue weighted by molar-refractivity contribution is 5.89. The van der Waals surface area contributed by atoms with Gasteiger partial charge in [-0.15, -0.1) is 10.2 Å². The molecule has 0 radical (unpaired) electrons. The highest BCUT2D eigenvalue weighted by Crippen LogP contribution is 2.33. The van der Waals surface area contributed by atoms with Gasteiger partial charge in [0.1, 0.15) is 5.82 Å². The summed E-state index contributed by atoms with van der Waals surface area (Å²) in [4.78, 5) is 14.3. The first-order chi connectivity index (χ1) is 12.6. The van der Waals surface area contributed by atoms with E-state index in [0.717, 1.165) is 62.8 Å². The molecule has 3 heterocycles. The van der Waals surface area contributed by atoms with E-state index in [1.165, 1.54) is 12.1 Å². The molecule has 1 N–H and O–H groups in total. The van der Waals surface area contributed by atoms with Crippen molar-refractivity contribution >= 4 is 11.7 Å². The maximum absolute atomic E-state index is 13.9. The highest BCUT2D eigenvalue weighted by atomic mass is 19.2. The van der Waals surface area contributed by atoms with Gasteiger partial charge >= 0.3 is 6.03 Å². The van der Waals surface area contributed by atoms with Gasteiger partial charge in [-0.2, -0.15) is 0 Å². The topological polar surface area (TPSA) is 63.1 Å². The lowest BCUT2D eigenvalue weighted by Crippen LogP contribution is -2.36. The van der Waals surface area contributed by atoms with Crippen molar-refractivity contribution in [2.75, 3.05) is 11.9 Å². The Labute approximate surface area is 150 Å². The molecule has 2 aliphatic rings. The van der Waals surface area contributed by atoms with Crippen molar-refractivity contribution in [3.05, 3.63) is 41.5 Å². The molecule has 2 amide bonds. The van der Waals surface area contributed by atoms with Gasteiger partial charge in [0.2, 0.25) is 0 Å². The van der Waals surface area contributed by atoms with Crippen LogP contribution in [0.25, 0.3) is 0 Å². The second kappa shape index (κ2) is 7.01. The molecule has 1 aromatic carbocycles. The molecule has 2 aliphatic heterocycles. The molecule has 0 aliphatic carbocycles. The van der Waals surface area contributed by atoms with Crippen LogP contribution < -0.4 is 5.32 Å². The Morgan fingerprint density at radius 3 is 2.88 bits per heavy atom. The third kappa shape index (κ3) is 3.04. The lowest BCUT2D eigenvalue weighted by molar-refractivity contribution is 0.203. The number of anilines is 1. The number of nitrogens with zero attached hydrogens (tertiary/aromatic N) is 4. The van der Waals surface area contributed by atoms with Crippen molar-refractivity contribution in [3.8, 4) is 0 Å². The van der Waals surface area contributed by atoms with Crippen LogP contribution in [-0.4, -0.2) is 32.2 Å². The zero-order chi connectivity index (χ0) is 18.1. The fourth-order valence-electron chi connectivity index (χ4n) is 3.82. The molecular weight excluding hydrogens is 340 g/mol. The van der Waals surface area contributed by atoms with E-state index in [4.69, 9.17) is 0 Å². The molecule has 1 saturated heterocycles. The van der Waals surface area contributed by atoms with Crippen LogP contribution in [0.1, 0.15) is 49.8 Å². The molecule has 26 heavy (non-hydrogen) atoms. The van der Waals surface area contributed by atoms with Crippen molar-refractivity contribution in [1.82, 2.24) is 19.7 Å². The van der Waals surface area contributed by atoms with Gasteiger partial charge in [0.05, 0.1) is 11.7 Å². The third-order valence-electron chi connectivity index (χ3n) is 5.14. The summed E-state index contributed by atoms with van der Waals surface area (Å²) in [5.41, 5.74) is -0.152. The first-order valence-electron chi connectivity index (χ1n) is 9.09. The fraction of sp³-hybridized carbons (Fsp3) is 0.500.